The minimum Gasteiger partial charge on any atom is -0.396 e. The van der Waals surface area contributed by atoms with Gasteiger partial charge in [-0.15, -0.1) is 0 Å². The van der Waals surface area contributed by atoms with Gasteiger partial charge >= 0.3 is 0 Å². The molecular weight excluding hydrogens is 160 g/mol. The van der Waals surface area contributed by atoms with Gasteiger partial charge in [0.2, 0.25) is 0 Å². The van der Waals surface area contributed by atoms with Crippen LogP contribution >= 0.6 is 0 Å². The van der Waals surface area contributed by atoms with E-state index in [1.807, 2.05) is 0 Å². The molecule has 0 aromatic carbocycles. The van der Waals surface area contributed by atoms with Gasteiger partial charge in [-0.3, -0.25) is 0 Å². The standard InChI is InChI=1S/C12H22O/c1-9(2)11-5-4-10(3)12(8-11)6-7-13/h9,11,13H,4-8H2,1-3H3. The van der Waals surface area contributed by atoms with Crippen molar-refractivity contribution in [3.63, 3.8) is 0 Å². The summed E-state index contributed by atoms with van der Waals surface area (Å²) >= 11 is 0. The third kappa shape index (κ3) is 2.84. The van der Waals surface area contributed by atoms with Crippen LogP contribution in [0.15, 0.2) is 11.1 Å². The third-order valence-corrected chi connectivity index (χ3v) is 3.36. The van der Waals surface area contributed by atoms with Gasteiger partial charge in [0.25, 0.3) is 0 Å². The van der Waals surface area contributed by atoms with Crippen LogP contribution in [0.3, 0.4) is 0 Å². The van der Waals surface area contributed by atoms with Gasteiger partial charge in [-0.1, -0.05) is 25.0 Å². The lowest BCUT2D eigenvalue weighted by Crippen LogP contribution is -2.15. The number of allylic oxidation sites excluding steroid dienone is 1. The van der Waals surface area contributed by atoms with E-state index in [-0.39, 0.29) is 0 Å². The molecule has 0 aliphatic heterocycles. The average Bonchev–Trinajstić information content (AvgIpc) is 2.08. The second kappa shape index (κ2) is 4.80. The summed E-state index contributed by atoms with van der Waals surface area (Å²) in [5.41, 5.74) is 3.05. The van der Waals surface area contributed by atoms with Crippen molar-refractivity contribution >= 4 is 0 Å². The quantitative estimate of drug-likeness (QED) is 0.665. The van der Waals surface area contributed by atoms with Crippen molar-refractivity contribution < 1.29 is 5.11 Å². The highest BCUT2D eigenvalue weighted by Gasteiger charge is 2.20. The lowest BCUT2D eigenvalue weighted by molar-refractivity contribution is 0.283. The Labute approximate surface area is 81.9 Å². The number of hydrogen-bond acceptors (Lipinski definition) is 1. The highest BCUT2D eigenvalue weighted by molar-refractivity contribution is 5.16. The molecule has 1 N–H and O–H groups in total. The van der Waals surface area contributed by atoms with E-state index in [1.165, 1.54) is 30.4 Å². The van der Waals surface area contributed by atoms with Gasteiger partial charge < -0.3 is 5.11 Å². The molecule has 1 nitrogen and oxygen atoms in total. The third-order valence-electron chi connectivity index (χ3n) is 3.36. The average molecular weight is 182 g/mol. The van der Waals surface area contributed by atoms with Crippen LogP contribution in [0.5, 0.6) is 0 Å². The molecule has 1 atom stereocenters. The van der Waals surface area contributed by atoms with Gasteiger partial charge in [0.05, 0.1) is 0 Å². The van der Waals surface area contributed by atoms with Crippen molar-refractivity contribution in [3.8, 4) is 0 Å². The summed E-state index contributed by atoms with van der Waals surface area (Å²) in [4.78, 5) is 0. The second-order valence-corrected chi connectivity index (χ2v) is 4.60. The molecule has 76 valence electrons. The Morgan fingerprint density at radius 1 is 1.46 bits per heavy atom. The van der Waals surface area contributed by atoms with Crippen LogP contribution in [0.2, 0.25) is 0 Å². The fraction of sp³-hybridized carbons (Fsp3) is 0.833. The smallest absolute Gasteiger partial charge is 0.0468 e. The SMILES string of the molecule is CC1=C(CCO)CC(C(C)C)CC1. The van der Waals surface area contributed by atoms with Crippen molar-refractivity contribution in [1.29, 1.82) is 0 Å². The first-order chi connectivity index (χ1) is 6.15. The molecule has 0 saturated carbocycles. The van der Waals surface area contributed by atoms with E-state index in [9.17, 15) is 0 Å². The number of aliphatic hydroxyl groups excluding tert-OH is 1. The lowest BCUT2D eigenvalue weighted by Gasteiger charge is -2.28. The Morgan fingerprint density at radius 3 is 2.69 bits per heavy atom. The van der Waals surface area contributed by atoms with Crippen molar-refractivity contribution in [2.24, 2.45) is 11.8 Å². The molecule has 0 bridgehead atoms. The Bertz CT molecular complexity index is 191. The van der Waals surface area contributed by atoms with Gasteiger partial charge in [-0.25, -0.2) is 0 Å². The molecule has 13 heavy (non-hydrogen) atoms. The highest BCUT2D eigenvalue weighted by atomic mass is 16.2. The molecule has 1 aliphatic carbocycles. The minimum absolute atomic E-state index is 0.317. The van der Waals surface area contributed by atoms with Gasteiger partial charge in [-0.2, -0.15) is 0 Å². The predicted molar refractivity (Wildman–Crippen MR) is 56.6 cm³/mol. The van der Waals surface area contributed by atoms with Crippen molar-refractivity contribution in [1.82, 2.24) is 0 Å². The van der Waals surface area contributed by atoms with E-state index in [2.05, 4.69) is 20.8 Å². The van der Waals surface area contributed by atoms with Crippen LogP contribution in [0.4, 0.5) is 0 Å². The second-order valence-electron chi connectivity index (χ2n) is 4.60. The molecule has 1 heteroatoms. The van der Waals surface area contributed by atoms with Crippen LogP contribution in [-0.2, 0) is 0 Å². The summed E-state index contributed by atoms with van der Waals surface area (Å²) < 4.78 is 0. The zero-order chi connectivity index (χ0) is 9.84. The molecular formula is C12H22O. The summed E-state index contributed by atoms with van der Waals surface area (Å²) in [6.45, 7) is 7.16. The van der Waals surface area contributed by atoms with Crippen LogP contribution < -0.4 is 0 Å². The van der Waals surface area contributed by atoms with Crippen molar-refractivity contribution in [2.75, 3.05) is 6.61 Å². The molecule has 0 spiro atoms. The van der Waals surface area contributed by atoms with E-state index in [1.54, 1.807) is 0 Å². The van der Waals surface area contributed by atoms with Crippen LogP contribution in [-0.4, -0.2) is 11.7 Å². The van der Waals surface area contributed by atoms with Gasteiger partial charge in [0, 0.05) is 6.61 Å². The molecule has 0 amide bonds. The first kappa shape index (κ1) is 10.8. The molecule has 1 unspecified atom stereocenters. The topological polar surface area (TPSA) is 20.2 Å². The molecule has 0 fully saturated rings. The van der Waals surface area contributed by atoms with Crippen LogP contribution in [0, 0.1) is 11.8 Å². The Balaban J connectivity index is 2.59. The maximum atomic E-state index is 8.93. The summed E-state index contributed by atoms with van der Waals surface area (Å²) in [6, 6.07) is 0. The first-order valence-corrected chi connectivity index (χ1v) is 5.43. The van der Waals surface area contributed by atoms with Gasteiger partial charge in [-0.05, 0) is 44.4 Å². The Hall–Kier alpha value is -0.300. The molecule has 0 radical (unpaired) electrons. The molecule has 1 rings (SSSR count). The van der Waals surface area contributed by atoms with Gasteiger partial charge in [0.1, 0.15) is 0 Å². The summed E-state index contributed by atoms with van der Waals surface area (Å²) in [5, 5.41) is 8.93. The fourth-order valence-corrected chi connectivity index (χ4v) is 2.19. The first-order valence-electron chi connectivity index (χ1n) is 5.43. The predicted octanol–water partition coefficient (Wildman–Crippen LogP) is 3.14. The maximum Gasteiger partial charge on any atom is 0.0468 e. The lowest BCUT2D eigenvalue weighted by atomic mass is 9.78. The molecule has 0 aromatic heterocycles. The normalized spacial score (nSPS) is 24.2. The van der Waals surface area contributed by atoms with E-state index in [4.69, 9.17) is 5.11 Å². The van der Waals surface area contributed by atoms with Gasteiger partial charge in [0.15, 0.2) is 0 Å². The molecule has 0 heterocycles. The summed E-state index contributed by atoms with van der Waals surface area (Å²) in [6.07, 6.45) is 4.72. The summed E-state index contributed by atoms with van der Waals surface area (Å²) in [5.74, 6) is 1.65. The van der Waals surface area contributed by atoms with Crippen LogP contribution in [0.1, 0.15) is 46.5 Å². The van der Waals surface area contributed by atoms with Crippen molar-refractivity contribution in [3.05, 3.63) is 11.1 Å². The Kier molecular flexibility index (Phi) is 3.98. The minimum atomic E-state index is 0.317. The molecule has 1 aliphatic rings. The zero-order valence-electron chi connectivity index (χ0n) is 9.14. The van der Waals surface area contributed by atoms with E-state index < -0.39 is 0 Å². The monoisotopic (exact) mass is 182 g/mol. The zero-order valence-corrected chi connectivity index (χ0v) is 9.14. The maximum absolute atomic E-state index is 8.93. The molecule has 0 saturated heterocycles. The molecule has 0 aromatic rings. The number of hydrogen-bond donors (Lipinski definition) is 1. The largest absolute Gasteiger partial charge is 0.396 e. The van der Waals surface area contributed by atoms with E-state index in [0.717, 1.165) is 18.3 Å². The van der Waals surface area contributed by atoms with Crippen LogP contribution in [0.25, 0.3) is 0 Å². The fourth-order valence-electron chi connectivity index (χ4n) is 2.19. The highest BCUT2D eigenvalue weighted by Crippen LogP contribution is 2.34. The van der Waals surface area contributed by atoms with E-state index >= 15 is 0 Å². The van der Waals surface area contributed by atoms with E-state index in [0.29, 0.717) is 6.61 Å². The number of aliphatic hydroxyl groups is 1. The number of rotatable bonds is 3. The van der Waals surface area contributed by atoms with Crippen molar-refractivity contribution in [2.45, 2.75) is 46.5 Å². The summed E-state index contributed by atoms with van der Waals surface area (Å²) in [7, 11) is 0. The Morgan fingerprint density at radius 2 is 2.15 bits per heavy atom.